The normalized spacial score (nSPS) is 9.11. The first-order valence-corrected chi connectivity index (χ1v) is 2.71. The zero-order valence-corrected chi connectivity index (χ0v) is 5.51. The quantitative estimate of drug-likeness (QED) is 0.558. The summed E-state index contributed by atoms with van der Waals surface area (Å²) in [5.41, 5.74) is 1.04. The summed E-state index contributed by atoms with van der Waals surface area (Å²) < 4.78 is 4.86. The Bertz CT molecular complexity index is 198. The predicted octanol–water partition coefficient (Wildman–Crippen LogP) is 1.20. The average molecular weight is 122 g/mol. The maximum atomic E-state index is 4.86. The van der Waals surface area contributed by atoms with Gasteiger partial charge in [-0.1, -0.05) is 0 Å². The number of nitrogens with zero attached hydrogens (tertiary/aromatic N) is 1. The lowest BCUT2D eigenvalue weighted by atomic mass is 10.3. The molecule has 0 aliphatic heterocycles. The molecule has 1 heterocycles. The van der Waals surface area contributed by atoms with Gasteiger partial charge in [-0.2, -0.15) is 0 Å². The Labute approximate surface area is 54.5 Å². The summed E-state index contributed by atoms with van der Waals surface area (Å²) in [7, 11) is 1.60. The third-order valence-corrected chi connectivity index (χ3v) is 1.03. The van der Waals surface area contributed by atoms with Crippen molar-refractivity contribution in [2.45, 2.75) is 6.92 Å². The third-order valence-electron chi connectivity index (χ3n) is 1.03. The lowest BCUT2D eigenvalue weighted by molar-refractivity contribution is 0.397. The molecule has 0 aliphatic carbocycles. The van der Waals surface area contributed by atoms with Crippen molar-refractivity contribution in [3.8, 4) is 5.88 Å². The average Bonchev–Trinajstić information content (AvgIpc) is 1.88. The minimum Gasteiger partial charge on any atom is -0.481 e. The smallest absolute Gasteiger partial charge is 0.213 e. The van der Waals surface area contributed by atoms with E-state index in [9.17, 15) is 0 Å². The molecule has 2 heteroatoms. The second kappa shape index (κ2) is 2.49. The molecule has 0 unspecified atom stereocenters. The molecule has 0 N–H and O–H groups in total. The van der Waals surface area contributed by atoms with Gasteiger partial charge in [-0.05, 0) is 12.5 Å². The molecule has 47 valence electrons. The van der Waals surface area contributed by atoms with E-state index in [0.29, 0.717) is 5.88 Å². The fraction of sp³-hybridized carbons (Fsp3) is 0.286. The Morgan fingerprint density at radius 1 is 1.67 bits per heavy atom. The standard InChI is InChI=1S/C7H8NO/c1-6-3-4-8-7(5-6)9-2/h4-5H,1-2H3. The second-order valence-electron chi connectivity index (χ2n) is 1.77. The Morgan fingerprint density at radius 3 is 2.89 bits per heavy atom. The van der Waals surface area contributed by atoms with Crippen LogP contribution in [-0.2, 0) is 0 Å². The molecular formula is C7H8NO. The van der Waals surface area contributed by atoms with E-state index in [-0.39, 0.29) is 0 Å². The van der Waals surface area contributed by atoms with E-state index in [1.165, 1.54) is 0 Å². The van der Waals surface area contributed by atoms with Crippen molar-refractivity contribution in [1.29, 1.82) is 0 Å². The van der Waals surface area contributed by atoms with Crippen LogP contribution in [0.5, 0.6) is 5.88 Å². The monoisotopic (exact) mass is 122 g/mol. The first kappa shape index (κ1) is 6.08. The lowest BCUT2D eigenvalue weighted by Gasteiger charge is -1.96. The summed E-state index contributed by atoms with van der Waals surface area (Å²) in [5, 5.41) is 0. The molecule has 0 saturated carbocycles. The van der Waals surface area contributed by atoms with E-state index < -0.39 is 0 Å². The number of hydrogen-bond acceptors (Lipinski definition) is 2. The van der Waals surface area contributed by atoms with Gasteiger partial charge in [0, 0.05) is 18.3 Å². The van der Waals surface area contributed by atoms with E-state index in [1.54, 1.807) is 13.3 Å². The van der Waals surface area contributed by atoms with Gasteiger partial charge < -0.3 is 4.74 Å². The molecule has 2 nitrogen and oxygen atoms in total. The molecule has 1 aromatic rings. The minimum absolute atomic E-state index is 0.645. The van der Waals surface area contributed by atoms with Crippen LogP contribution in [0.4, 0.5) is 0 Å². The van der Waals surface area contributed by atoms with Gasteiger partial charge in [-0.25, -0.2) is 4.98 Å². The maximum absolute atomic E-state index is 4.86. The predicted molar refractivity (Wildman–Crippen MR) is 34.4 cm³/mol. The molecule has 0 aliphatic rings. The highest BCUT2D eigenvalue weighted by Crippen LogP contribution is 2.05. The first-order chi connectivity index (χ1) is 4.33. The number of hydrogen-bond donors (Lipinski definition) is 0. The van der Waals surface area contributed by atoms with E-state index >= 15 is 0 Å². The number of aryl methyl sites for hydroxylation is 1. The molecular weight excluding hydrogens is 114 g/mol. The van der Waals surface area contributed by atoms with Crippen molar-refractivity contribution in [2.24, 2.45) is 0 Å². The van der Waals surface area contributed by atoms with Crippen LogP contribution < -0.4 is 4.74 Å². The van der Waals surface area contributed by atoms with Crippen LogP contribution in [0, 0.1) is 13.0 Å². The highest BCUT2D eigenvalue weighted by molar-refractivity contribution is 5.17. The van der Waals surface area contributed by atoms with Gasteiger partial charge in [-0.3, -0.25) is 0 Å². The van der Waals surface area contributed by atoms with Crippen molar-refractivity contribution in [3.05, 3.63) is 23.9 Å². The van der Waals surface area contributed by atoms with Crippen LogP contribution in [0.2, 0.25) is 0 Å². The summed E-state index contributed by atoms with van der Waals surface area (Å²) in [6.07, 6.45) is 1.61. The second-order valence-corrected chi connectivity index (χ2v) is 1.77. The SMILES string of the molecule is COc1cc(C)[c]cn1. The molecule has 0 spiro atoms. The van der Waals surface area contributed by atoms with Gasteiger partial charge >= 0.3 is 0 Å². The number of pyridine rings is 1. The molecule has 0 amide bonds. The Kier molecular flexibility index (Phi) is 1.68. The summed E-state index contributed by atoms with van der Waals surface area (Å²) in [6, 6.07) is 4.75. The number of methoxy groups -OCH3 is 1. The Balaban J connectivity index is 2.94. The number of ether oxygens (including phenoxy) is 1. The van der Waals surface area contributed by atoms with E-state index in [2.05, 4.69) is 11.1 Å². The van der Waals surface area contributed by atoms with E-state index in [1.807, 2.05) is 13.0 Å². The molecule has 1 rings (SSSR count). The van der Waals surface area contributed by atoms with Crippen LogP contribution in [0.1, 0.15) is 5.56 Å². The summed E-state index contributed by atoms with van der Waals surface area (Å²) in [5.74, 6) is 0.645. The van der Waals surface area contributed by atoms with Gasteiger partial charge in [0.1, 0.15) is 0 Å². The van der Waals surface area contributed by atoms with Gasteiger partial charge in [-0.15, -0.1) is 0 Å². The van der Waals surface area contributed by atoms with Crippen LogP contribution in [0.25, 0.3) is 0 Å². The van der Waals surface area contributed by atoms with Crippen molar-refractivity contribution >= 4 is 0 Å². The van der Waals surface area contributed by atoms with E-state index in [0.717, 1.165) is 5.56 Å². The molecule has 1 aromatic heterocycles. The summed E-state index contributed by atoms with van der Waals surface area (Å²) in [4.78, 5) is 3.88. The zero-order valence-electron chi connectivity index (χ0n) is 5.51. The molecule has 1 radical (unpaired) electrons. The Hall–Kier alpha value is -1.05. The van der Waals surface area contributed by atoms with E-state index in [4.69, 9.17) is 4.74 Å². The molecule has 0 fully saturated rings. The first-order valence-electron chi connectivity index (χ1n) is 2.71. The van der Waals surface area contributed by atoms with Crippen molar-refractivity contribution < 1.29 is 4.74 Å². The fourth-order valence-electron chi connectivity index (χ4n) is 0.573. The fourth-order valence-corrected chi connectivity index (χ4v) is 0.573. The number of aromatic nitrogens is 1. The van der Waals surface area contributed by atoms with Crippen LogP contribution in [0.15, 0.2) is 12.3 Å². The van der Waals surface area contributed by atoms with Gasteiger partial charge in [0.2, 0.25) is 5.88 Å². The molecule has 0 atom stereocenters. The highest BCUT2D eigenvalue weighted by atomic mass is 16.5. The Morgan fingerprint density at radius 2 is 2.44 bits per heavy atom. The molecule has 9 heavy (non-hydrogen) atoms. The highest BCUT2D eigenvalue weighted by Gasteiger charge is 1.88. The molecule has 0 saturated heterocycles. The maximum Gasteiger partial charge on any atom is 0.213 e. The van der Waals surface area contributed by atoms with Crippen molar-refractivity contribution in [1.82, 2.24) is 4.98 Å². The zero-order chi connectivity index (χ0) is 6.69. The summed E-state index contributed by atoms with van der Waals surface area (Å²) >= 11 is 0. The molecule has 0 bridgehead atoms. The van der Waals surface area contributed by atoms with Crippen LogP contribution >= 0.6 is 0 Å². The number of rotatable bonds is 1. The van der Waals surface area contributed by atoms with Crippen LogP contribution in [0.3, 0.4) is 0 Å². The minimum atomic E-state index is 0.645. The van der Waals surface area contributed by atoms with Gasteiger partial charge in [0.15, 0.2) is 0 Å². The van der Waals surface area contributed by atoms with Gasteiger partial charge in [0.05, 0.1) is 7.11 Å². The largest absolute Gasteiger partial charge is 0.481 e. The lowest BCUT2D eigenvalue weighted by Crippen LogP contribution is -1.86. The summed E-state index contributed by atoms with van der Waals surface area (Å²) in [6.45, 7) is 1.95. The van der Waals surface area contributed by atoms with Crippen LogP contribution in [-0.4, -0.2) is 12.1 Å². The van der Waals surface area contributed by atoms with Crippen molar-refractivity contribution in [2.75, 3.05) is 7.11 Å². The topological polar surface area (TPSA) is 22.1 Å². The molecule has 0 aromatic carbocycles. The third kappa shape index (κ3) is 1.42. The van der Waals surface area contributed by atoms with Gasteiger partial charge in [0.25, 0.3) is 0 Å². The van der Waals surface area contributed by atoms with Crippen molar-refractivity contribution in [3.63, 3.8) is 0 Å².